The third kappa shape index (κ3) is 5.18. The Hall–Kier alpha value is -2.75. The topological polar surface area (TPSA) is 47.6 Å². The number of nitrogens with one attached hydrogen (secondary N) is 1. The molecule has 0 saturated carbocycles. The summed E-state index contributed by atoms with van der Waals surface area (Å²) in [6.07, 6.45) is 3.27. The van der Waals surface area contributed by atoms with Crippen molar-refractivity contribution in [2.24, 2.45) is 0 Å². The average molecular weight is 311 g/mol. The van der Waals surface area contributed by atoms with Gasteiger partial charge in [-0.25, -0.2) is 0 Å². The van der Waals surface area contributed by atoms with Crippen LogP contribution in [0, 0.1) is 0 Å². The van der Waals surface area contributed by atoms with E-state index in [1.54, 1.807) is 13.2 Å². The maximum atomic E-state index is 12.1. The fraction of sp³-hybridized carbons (Fsp3) is 0.211. The Kier molecular flexibility index (Phi) is 5.80. The molecule has 2 aromatic carbocycles. The number of amides is 1. The van der Waals surface area contributed by atoms with Crippen LogP contribution in [0.4, 0.5) is 5.69 Å². The van der Waals surface area contributed by atoms with Gasteiger partial charge < -0.3 is 14.8 Å². The lowest BCUT2D eigenvalue weighted by molar-refractivity contribution is -0.111. The molecule has 0 aliphatic rings. The SMILES string of the molecule is COc1cccc(/C=C/C(=O)Nc2ccccc2OC(C)C)c1. The van der Waals surface area contributed by atoms with E-state index < -0.39 is 0 Å². The van der Waals surface area contributed by atoms with Gasteiger partial charge in [0.15, 0.2) is 0 Å². The summed E-state index contributed by atoms with van der Waals surface area (Å²) in [6.45, 7) is 3.89. The molecule has 0 heterocycles. The smallest absolute Gasteiger partial charge is 0.248 e. The molecule has 2 aromatic rings. The highest BCUT2D eigenvalue weighted by atomic mass is 16.5. The molecule has 0 aromatic heterocycles. The summed E-state index contributed by atoms with van der Waals surface area (Å²) >= 11 is 0. The average Bonchev–Trinajstić information content (AvgIpc) is 2.54. The summed E-state index contributed by atoms with van der Waals surface area (Å²) < 4.78 is 10.8. The maximum Gasteiger partial charge on any atom is 0.248 e. The van der Waals surface area contributed by atoms with Crippen LogP contribution in [0.3, 0.4) is 0 Å². The van der Waals surface area contributed by atoms with Gasteiger partial charge in [-0.2, -0.15) is 0 Å². The Morgan fingerprint density at radius 1 is 1.13 bits per heavy atom. The van der Waals surface area contributed by atoms with E-state index >= 15 is 0 Å². The van der Waals surface area contributed by atoms with Crippen molar-refractivity contribution in [2.75, 3.05) is 12.4 Å². The second-order valence-electron chi connectivity index (χ2n) is 5.26. The first kappa shape index (κ1) is 16.6. The zero-order chi connectivity index (χ0) is 16.7. The number of anilines is 1. The summed E-state index contributed by atoms with van der Waals surface area (Å²) in [5.41, 5.74) is 1.55. The first-order chi connectivity index (χ1) is 11.1. The number of carbonyl (C=O) groups excluding carboxylic acids is 1. The van der Waals surface area contributed by atoms with Gasteiger partial charge in [-0.3, -0.25) is 4.79 Å². The number of para-hydroxylation sites is 2. The fourth-order valence-electron chi connectivity index (χ4n) is 2.02. The summed E-state index contributed by atoms with van der Waals surface area (Å²) in [5.74, 6) is 1.20. The Labute approximate surface area is 136 Å². The molecule has 1 amide bonds. The minimum absolute atomic E-state index is 0.0420. The van der Waals surface area contributed by atoms with Crippen LogP contribution in [0.25, 0.3) is 6.08 Å². The lowest BCUT2D eigenvalue weighted by atomic mass is 10.2. The summed E-state index contributed by atoms with van der Waals surface area (Å²) in [7, 11) is 1.61. The molecule has 0 aliphatic heterocycles. The number of methoxy groups -OCH3 is 1. The number of benzene rings is 2. The van der Waals surface area contributed by atoms with Crippen LogP contribution < -0.4 is 14.8 Å². The van der Waals surface area contributed by atoms with Crippen LogP contribution in [-0.2, 0) is 4.79 Å². The Morgan fingerprint density at radius 2 is 1.91 bits per heavy atom. The third-order valence-corrected chi connectivity index (χ3v) is 3.03. The van der Waals surface area contributed by atoms with Crippen molar-refractivity contribution in [2.45, 2.75) is 20.0 Å². The van der Waals surface area contributed by atoms with Crippen LogP contribution in [0.5, 0.6) is 11.5 Å². The second-order valence-corrected chi connectivity index (χ2v) is 5.26. The molecule has 0 radical (unpaired) electrons. The van der Waals surface area contributed by atoms with E-state index in [4.69, 9.17) is 9.47 Å². The predicted octanol–water partition coefficient (Wildman–Crippen LogP) is 4.13. The van der Waals surface area contributed by atoms with Crippen LogP contribution in [0.15, 0.2) is 54.6 Å². The number of hydrogen-bond acceptors (Lipinski definition) is 3. The monoisotopic (exact) mass is 311 g/mol. The van der Waals surface area contributed by atoms with E-state index in [0.717, 1.165) is 11.3 Å². The van der Waals surface area contributed by atoms with E-state index in [0.29, 0.717) is 11.4 Å². The first-order valence-electron chi connectivity index (χ1n) is 7.47. The molecule has 0 aliphatic carbocycles. The Bertz CT molecular complexity index is 693. The molecule has 4 nitrogen and oxygen atoms in total. The van der Waals surface area contributed by atoms with E-state index in [9.17, 15) is 4.79 Å². The highest BCUT2D eigenvalue weighted by Gasteiger charge is 2.06. The molecule has 23 heavy (non-hydrogen) atoms. The summed E-state index contributed by atoms with van der Waals surface area (Å²) in [5, 5.41) is 2.83. The number of rotatable bonds is 6. The van der Waals surface area contributed by atoms with Gasteiger partial charge in [-0.1, -0.05) is 24.3 Å². The maximum absolute atomic E-state index is 12.1. The Balaban J connectivity index is 2.06. The highest BCUT2D eigenvalue weighted by Crippen LogP contribution is 2.24. The normalized spacial score (nSPS) is 10.8. The van der Waals surface area contributed by atoms with Crippen LogP contribution in [0.2, 0.25) is 0 Å². The van der Waals surface area contributed by atoms with Crippen molar-refractivity contribution in [3.63, 3.8) is 0 Å². The van der Waals surface area contributed by atoms with Gasteiger partial charge in [0.05, 0.1) is 18.9 Å². The minimum Gasteiger partial charge on any atom is -0.497 e. The van der Waals surface area contributed by atoms with Gasteiger partial charge in [-0.05, 0) is 49.8 Å². The van der Waals surface area contributed by atoms with Crippen molar-refractivity contribution in [1.29, 1.82) is 0 Å². The van der Waals surface area contributed by atoms with Gasteiger partial charge >= 0.3 is 0 Å². The first-order valence-corrected chi connectivity index (χ1v) is 7.47. The van der Waals surface area contributed by atoms with E-state index in [1.807, 2.05) is 62.4 Å². The largest absolute Gasteiger partial charge is 0.497 e. The van der Waals surface area contributed by atoms with Crippen molar-refractivity contribution >= 4 is 17.7 Å². The molecule has 0 bridgehead atoms. The third-order valence-electron chi connectivity index (χ3n) is 3.03. The van der Waals surface area contributed by atoms with Gasteiger partial charge in [-0.15, -0.1) is 0 Å². The number of hydrogen-bond donors (Lipinski definition) is 1. The van der Waals surface area contributed by atoms with Crippen molar-refractivity contribution in [3.05, 3.63) is 60.2 Å². The van der Waals surface area contributed by atoms with Gasteiger partial charge in [0.1, 0.15) is 11.5 Å². The fourth-order valence-corrected chi connectivity index (χ4v) is 2.02. The molecular weight excluding hydrogens is 290 g/mol. The summed E-state index contributed by atoms with van der Waals surface area (Å²) in [6, 6.07) is 14.9. The molecule has 0 saturated heterocycles. The van der Waals surface area contributed by atoms with Gasteiger partial charge in [0, 0.05) is 6.08 Å². The Morgan fingerprint density at radius 3 is 2.65 bits per heavy atom. The zero-order valence-corrected chi connectivity index (χ0v) is 13.6. The van der Waals surface area contributed by atoms with Crippen molar-refractivity contribution in [1.82, 2.24) is 0 Å². The van der Waals surface area contributed by atoms with E-state index in [2.05, 4.69) is 5.32 Å². The standard InChI is InChI=1S/C19H21NO3/c1-14(2)23-18-10-5-4-9-17(18)20-19(21)12-11-15-7-6-8-16(13-15)22-3/h4-14H,1-3H3,(H,20,21)/b12-11+. The molecule has 2 rings (SSSR count). The molecule has 4 heteroatoms. The van der Waals surface area contributed by atoms with E-state index in [1.165, 1.54) is 6.08 Å². The molecule has 0 fully saturated rings. The number of ether oxygens (including phenoxy) is 2. The molecule has 120 valence electrons. The van der Waals surface area contributed by atoms with Crippen LogP contribution in [0.1, 0.15) is 19.4 Å². The lowest BCUT2D eigenvalue weighted by Crippen LogP contribution is -2.12. The summed E-state index contributed by atoms with van der Waals surface area (Å²) in [4.78, 5) is 12.1. The quantitative estimate of drug-likeness (QED) is 0.816. The predicted molar refractivity (Wildman–Crippen MR) is 92.9 cm³/mol. The highest BCUT2D eigenvalue weighted by molar-refractivity contribution is 6.02. The minimum atomic E-state index is -0.215. The van der Waals surface area contributed by atoms with E-state index in [-0.39, 0.29) is 12.0 Å². The van der Waals surface area contributed by atoms with Gasteiger partial charge in [0.2, 0.25) is 5.91 Å². The second kappa shape index (κ2) is 8.03. The van der Waals surface area contributed by atoms with Gasteiger partial charge in [0.25, 0.3) is 0 Å². The van der Waals surface area contributed by atoms with Crippen LogP contribution in [-0.4, -0.2) is 19.1 Å². The molecule has 0 spiro atoms. The molecule has 0 atom stereocenters. The lowest BCUT2D eigenvalue weighted by Gasteiger charge is -2.14. The number of carbonyl (C=O) groups is 1. The zero-order valence-electron chi connectivity index (χ0n) is 13.6. The van der Waals surface area contributed by atoms with Crippen molar-refractivity contribution in [3.8, 4) is 11.5 Å². The molecule has 0 unspecified atom stereocenters. The van der Waals surface area contributed by atoms with Crippen LogP contribution >= 0.6 is 0 Å². The molecule has 1 N–H and O–H groups in total. The molecular formula is C19H21NO3. The van der Waals surface area contributed by atoms with Crippen molar-refractivity contribution < 1.29 is 14.3 Å².